The lowest BCUT2D eigenvalue weighted by Crippen LogP contribution is -2.05. The van der Waals surface area contributed by atoms with Gasteiger partial charge in [0.2, 0.25) is 6.79 Å². The van der Waals surface area contributed by atoms with Crippen LogP contribution in [-0.2, 0) is 0 Å². The average Bonchev–Trinajstić information content (AvgIpc) is 2.85. The van der Waals surface area contributed by atoms with E-state index in [1.54, 1.807) is 0 Å². The van der Waals surface area contributed by atoms with E-state index in [9.17, 15) is 0 Å². The second kappa shape index (κ2) is 9.73. The maximum atomic E-state index is 9.03. The third-order valence-electron chi connectivity index (χ3n) is 5.49. The predicted octanol–water partition coefficient (Wildman–Crippen LogP) is 6.80. The molecule has 0 N–H and O–H groups in total. The molecule has 0 aromatic heterocycles. The topological polar surface area (TPSA) is 66.0 Å². The Kier molecular flexibility index (Phi) is 6.39. The minimum atomic E-state index is 0.102. The fourth-order valence-electron chi connectivity index (χ4n) is 3.74. The molecule has 0 aliphatic rings. The normalized spacial score (nSPS) is 10.2. The quantitative estimate of drug-likeness (QED) is 0.316. The zero-order chi connectivity index (χ0) is 23.2. The molecule has 0 bridgehead atoms. The van der Waals surface area contributed by atoms with Gasteiger partial charge in [0.1, 0.15) is 11.5 Å². The molecule has 4 nitrogen and oxygen atoms in total. The molecular weight excluding hydrogens is 408 g/mol. The zero-order valence-electron chi connectivity index (χ0n) is 18.5. The van der Waals surface area contributed by atoms with Crippen molar-refractivity contribution in [2.24, 2.45) is 0 Å². The first kappa shape index (κ1) is 21.7. The number of nitriles is 2. The van der Waals surface area contributed by atoms with Gasteiger partial charge < -0.3 is 9.47 Å². The van der Waals surface area contributed by atoms with Crippen molar-refractivity contribution in [3.05, 3.63) is 107 Å². The molecule has 0 spiro atoms. The maximum absolute atomic E-state index is 9.03. The fourth-order valence-corrected chi connectivity index (χ4v) is 3.74. The molecule has 0 aliphatic heterocycles. The van der Waals surface area contributed by atoms with E-state index < -0.39 is 0 Å². The van der Waals surface area contributed by atoms with Crippen LogP contribution in [0.4, 0.5) is 0 Å². The molecule has 33 heavy (non-hydrogen) atoms. The van der Waals surface area contributed by atoms with Gasteiger partial charge in [0.05, 0.1) is 23.3 Å². The van der Waals surface area contributed by atoms with Crippen molar-refractivity contribution < 1.29 is 9.47 Å². The van der Waals surface area contributed by atoms with Gasteiger partial charge in [0.15, 0.2) is 0 Å². The van der Waals surface area contributed by atoms with E-state index >= 15 is 0 Å². The zero-order valence-corrected chi connectivity index (χ0v) is 18.5. The molecule has 0 amide bonds. The van der Waals surface area contributed by atoms with Crippen LogP contribution in [0.15, 0.2) is 84.9 Å². The summed E-state index contributed by atoms with van der Waals surface area (Å²) in [6, 6.07) is 31.3. The Morgan fingerprint density at radius 3 is 1.30 bits per heavy atom. The van der Waals surface area contributed by atoms with Crippen LogP contribution in [0.2, 0.25) is 0 Å². The molecular formula is C29H22N2O2. The van der Waals surface area contributed by atoms with E-state index in [-0.39, 0.29) is 6.79 Å². The Bertz CT molecular complexity index is 1250. The molecule has 160 valence electrons. The summed E-state index contributed by atoms with van der Waals surface area (Å²) in [4.78, 5) is 0. The predicted molar refractivity (Wildman–Crippen MR) is 129 cm³/mol. The summed E-state index contributed by atoms with van der Waals surface area (Å²) in [5.74, 6) is 1.43. The second-order valence-corrected chi connectivity index (χ2v) is 7.74. The lowest BCUT2D eigenvalue weighted by molar-refractivity contribution is 0.120. The molecule has 0 saturated heterocycles. The minimum Gasteiger partial charge on any atom is -0.458 e. The summed E-state index contributed by atoms with van der Waals surface area (Å²) in [5, 5.41) is 18.1. The van der Waals surface area contributed by atoms with Gasteiger partial charge >= 0.3 is 0 Å². The van der Waals surface area contributed by atoms with Crippen molar-refractivity contribution in [1.82, 2.24) is 0 Å². The van der Waals surface area contributed by atoms with Gasteiger partial charge in [0, 0.05) is 0 Å². The highest BCUT2D eigenvalue weighted by atomic mass is 16.7. The lowest BCUT2D eigenvalue weighted by Gasteiger charge is -2.11. The van der Waals surface area contributed by atoms with E-state index in [1.165, 1.54) is 0 Å². The second-order valence-electron chi connectivity index (χ2n) is 7.74. The standard InChI is InChI=1S/C29H22N2O2/c1-20-15-22(17-30)3-13-28(20)24-5-9-26(10-6-24)32-19-33-27-11-7-25(8-12-27)29-14-4-23(18-31)16-21(29)2/h3-16H,19H2,1-2H3. The molecule has 0 saturated carbocycles. The number of benzene rings is 4. The number of nitrogens with zero attached hydrogens (tertiary/aromatic N) is 2. The summed E-state index contributed by atoms with van der Waals surface area (Å²) < 4.78 is 11.5. The smallest absolute Gasteiger partial charge is 0.230 e. The Labute approximate surface area is 193 Å². The van der Waals surface area contributed by atoms with Crippen molar-refractivity contribution in [3.63, 3.8) is 0 Å². The van der Waals surface area contributed by atoms with Crippen LogP contribution in [0.3, 0.4) is 0 Å². The number of aryl methyl sites for hydroxylation is 2. The Morgan fingerprint density at radius 2 is 0.970 bits per heavy atom. The number of ether oxygens (including phenoxy) is 2. The van der Waals surface area contributed by atoms with Crippen LogP contribution >= 0.6 is 0 Å². The SMILES string of the molecule is Cc1cc(C#N)ccc1-c1ccc(OCOc2ccc(-c3ccc(C#N)cc3C)cc2)cc1. The van der Waals surface area contributed by atoms with Crippen LogP contribution in [0.25, 0.3) is 22.3 Å². The van der Waals surface area contributed by atoms with Gasteiger partial charge in [-0.3, -0.25) is 0 Å². The van der Waals surface area contributed by atoms with Crippen LogP contribution in [0, 0.1) is 36.5 Å². The summed E-state index contributed by atoms with van der Waals surface area (Å²) in [5.41, 5.74) is 7.76. The van der Waals surface area contributed by atoms with E-state index in [0.717, 1.165) is 44.9 Å². The summed E-state index contributed by atoms with van der Waals surface area (Å²) >= 11 is 0. The Hall–Kier alpha value is -4.54. The van der Waals surface area contributed by atoms with Gasteiger partial charge in [-0.15, -0.1) is 0 Å². The number of hydrogen-bond acceptors (Lipinski definition) is 4. The highest BCUT2D eigenvalue weighted by molar-refractivity contribution is 5.69. The van der Waals surface area contributed by atoms with Crippen molar-refractivity contribution in [3.8, 4) is 45.9 Å². The van der Waals surface area contributed by atoms with Crippen molar-refractivity contribution in [2.75, 3.05) is 6.79 Å². The van der Waals surface area contributed by atoms with Gasteiger partial charge in [-0.1, -0.05) is 36.4 Å². The first-order valence-corrected chi connectivity index (χ1v) is 10.6. The van der Waals surface area contributed by atoms with E-state index in [2.05, 4.69) is 12.1 Å². The largest absolute Gasteiger partial charge is 0.458 e. The Morgan fingerprint density at radius 1 is 0.576 bits per heavy atom. The first-order valence-electron chi connectivity index (χ1n) is 10.6. The highest BCUT2D eigenvalue weighted by Gasteiger charge is 2.06. The molecule has 4 aromatic rings. The molecule has 0 heterocycles. The fraction of sp³-hybridized carbons (Fsp3) is 0.103. The van der Waals surface area contributed by atoms with Gasteiger partial charge in [-0.2, -0.15) is 10.5 Å². The molecule has 0 unspecified atom stereocenters. The lowest BCUT2D eigenvalue weighted by atomic mass is 9.99. The average molecular weight is 431 g/mol. The molecule has 0 atom stereocenters. The maximum Gasteiger partial charge on any atom is 0.230 e. The molecule has 4 heteroatoms. The molecule has 0 aliphatic carbocycles. The van der Waals surface area contributed by atoms with Crippen molar-refractivity contribution in [1.29, 1.82) is 10.5 Å². The van der Waals surface area contributed by atoms with Crippen LogP contribution < -0.4 is 9.47 Å². The highest BCUT2D eigenvalue weighted by Crippen LogP contribution is 2.28. The van der Waals surface area contributed by atoms with E-state index in [1.807, 2.05) is 98.8 Å². The third kappa shape index (κ3) is 5.03. The van der Waals surface area contributed by atoms with Crippen LogP contribution in [-0.4, -0.2) is 6.79 Å². The summed E-state index contributed by atoms with van der Waals surface area (Å²) in [6.45, 7) is 4.11. The van der Waals surface area contributed by atoms with Crippen LogP contribution in [0.5, 0.6) is 11.5 Å². The summed E-state index contributed by atoms with van der Waals surface area (Å²) in [7, 11) is 0. The van der Waals surface area contributed by atoms with Crippen molar-refractivity contribution in [2.45, 2.75) is 13.8 Å². The van der Waals surface area contributed by atoms with Crippen molar-refractivity contribution >= 4 is 0 Å². The Balaban J connectivity index is 1.35. The summed E-state index contributed by atoms with van der Waals surface area (Å²) in [6.07, 6.45) is 0. The minimum absolute atomic E-state index is 0.102. The molecule has 0 fully saturated rings. The monoisotopic (exact) mass is 430 g/mol. The molecule has 0 radical (unpaired) electrons. The number of rotatable bonds is 6. The van der Waals surface area contributed by atoms with E-state index in [0.29, 0.717) is 11.1 Å². The number of hydrogen-bond donors (Lipinski definition) is 0. The first-order chi connectivity index (χ1) is 16.1. The third-order valence-corrected chi connectivity index (χ3v) is 5.49. The van der Waals surface area contributed by atoms with Gasteiger partial charge in [-0.05, 0) is 95.8 Å². The molecule has 4 aromatic carbocycles. The molecule has 4 rings (SSSR count). The van der Waals surface area contributed by atoms with Gasteiger partial charge in [-0.25, -0.2) is 0 Å². The van der Waals surface area contributed by atoms with E-state index in [4.69, 9.17) is 20.0 Å². The van der Waals surface area contributed by atoms with Crippen LogP contribution in [0.1, 0.15) is 22.3 Å². The van der Waals surface area contributed by atoms with Gasteiger partial charge in [0.25, 0.3) is 0 Å².